The van der Waals surface area contributed by atoms with Crippen molar-refractivity contribution >= 4 is 17.5 Å². The number of nitrogens with two attached hydrogens (primary N) is 1. The predicted molar refractivity (Wildman–Crippen MR) is 76.9 cm³/mol. The Bertz CT molecular complexity index is 614. The zero-order chi connectivity index (χ0) is 14.5. The summed E-state index contributed by atoms with van der Waals surface area (Å²) in [4.78, 5) is 11.0. The molecular weight excluding hydrogens is 279 g/mol. The predicted octanol–water partition coefficient (Wildman–Crippen LogP) is 2.87. The number of carbonyl (C=O) groups excluding carboxylic acids is 1. The maximum atomic E-state index is 12.8. The van der Waals surface area contributed by atoms with E-state index < -0.39 is 5.91 Å². The molecule has 0 aromatic heterocycles. The van der Waals surface area contributed by atoms with Gasteiger partial charge >= 0.3 is 0 Å². The Morgan fingerprint density at radius 2 is 1.85 bits per heavy atom. The van der Waals surface area contributed by atoms with Gasteiger partial charge in [0.2, 0.25) is 5.91 Å². The molecule has 0 heterocycles. The lowest BCUT2D eigenvalue weighted by Crippen LogP contribution is -2.14. The lowest BCUT2D eigenvalue weighted by atomic mass is 10.1. The lowest BCUT2D eigenvalue weighted by molar-refractivity contribution is 0.100. The highest BCUT2D eigenvalue weighted by atomic mass is 35.5. The molecule has 0 spiro atoms. The van der Waals surface area contributed by atoms with Crippen LogP contribution < -0.4 is 11.1 Å². The second-order valence-electron chi connectivity index (χ2n) is 4.40. The van der Waals surface area contributed by atoms with Crippen molar-refractivity contribution in [3.63, 3.8) is 0 Å². The maximum absolute atomic E-state index is 12.8. The number of hydrogen-bond donors (Lipinski definition) is 2. The quantitative estimate of drug-likeness (QED) is 0.890. The van der Waals surface area contributed by atoms with Gasteiger partial charge in [-0.2, -0.15) is 0 Å². The minimum absolute atomic E-state index is 0.251. The number of carbonyl (C=O) groups is 1. The Hall–Kier alpha value is -1.91. The molecule has 2 aromatic carbocycles. The highest BCUT2D eigenvalue weighted by Crippen LogP contribution is 2.17. The molecule has 0 saturated heterocycles. The van der Waals surface area contributed by atoms with Crippen LogP contribution in [0.15, 0.2) is 42.5 Å². The standard InChI is InChI=1S/C15H14ClFN2O/c16-14-7-11(15(18)20)3-4-12(14)9-19-8-10-1-5-13(17)6-2-10/h1-7,19H,8-9H2,(H2,18,20). The summed E-state index contributed by atoms with van der Waals surface area (Å²) in [5, 5.41) is 3.70. The van der Waals surface area contributed by atoms with Gasteiger partial charge in [-0.05, 0) is 35.4 Å². The van der Waals surface area contributed by atoms with E-state index in [4.69, 9.17) is 17.3 Å². The van der Waals surface area contributed by atoms with Crippen LogP contribution >= 0.6 is 11.6 Å². The van der Waals surface area contributed by atoms with E-state index in [2.05, 4.69) is 5.32 Å². The number of nitrogens with one attached hydrogen (secondary N) is 1. The highest BCUT2D eigenvalue weighted by molar-refractivity contribution is 6.31. The molecule has 0 aliphatic carbocycles. The average molecular weight is 293 g/mol. The summed E-state index contributed by atoms with van der Waals surface area (Å²) in [7, 11) is 0. The number of hydrogen-bond acceptors (Lipinski definition) is 2. The molecule has 0 radical (unpaired) electrons. The van der Waals surface area contributed by atoms with Crippen molar-refractivity contribution in [1.82, 2.24) is 5.32 Å². The summed E-state index contributed by atoms with van der Waals surface area (Å²) >= 11 is 6.08. The molecule has 2 rings (SSSR count). The summed E-state index contributed by atoms with van der Waals surface area (Å²) < 4.78 is 12.8. The summed E-state index contributed by atoms with van der Waals surface area (Å²) in [5.74, 6) is -0.753. The van der Waals surface area contributed by atoms with E-state index in [1.54, 1.807) is 30.3 Å². The summed E-state index contributed by atoms with van der Waals surface area (Å²) in [5.41, 5.74) is 7.42. The van der Waals surface area contributed by atoms with E-state index in [9.17, 15) is 9.18 Å². The van der Waals surface area contributed by atoms with Crippen LogP contribution in [0.2, 0.25) is 5.02 Å². The molecule has 104 valence electrons. The van der Waals surface area contributed by atoms with Gasteiger partial charge in [-0.25, -0.2) is 4.39 Å². The minimum atomic E-state index is -0.502. The third-order valence-electron chi connectivity index (χ3n) is 2.90. The first kappa shape index (κ1) is 14.5. The molecule has 0 unspecified atom stereocenters. The normalized spacial score (nSPS) is 10.5. The van der Waals surface area contributed by atoms with Crippen LogP contribution in [0, 0.1) is 5.82 Å². The van der Waals surface area contributed by atoms with Gasteiger partial charge in [0.25, 0.3) is 0 Å². The van der Waals surface area contributed by atoms with Crippen molar-refractivity contribution in [2.45, 2.75) is 13.1 Å². The van der Waals surface area contributed by atoms with Gasteiger partial charge in [0.05, 0.1) is 0 Å². The molecule has 0 fully saturated rings. The lowest BCUT2D eigenvalue weighted by Gasteiger charge is -2.08. The Kier molecular flexibility index (Phi) is 4.71. The van der Waals surface area contributed by atoms with Gasteiger partial charge in [-0.1, -0.05) is 29.8 Å². The van der Waals surface area contributed by atoms with E-state index in [0.29, 0.717) is 23.7 Å². The molecule has 0 bridgehead atoms. The van der Waals surface area contributed by atoms with Crippen molar-refractivity contribution in [2.75, 3.05) is 0 Å². The van der Waals surface area contributed by atoms with E-state index in [-0.39, 0.29) is 5.82 Å². The molecule has 0 aliphatic heterocycles. The van der Waals surface area contributed by atoms with E-state index >= 15 is 0 Å². The summed E-state index contributed by atoms with van der Waals surface area (Å²) in [6, 6.07) is 11.2. The summed E-state index contributed by atoms with van der Waals surface area (Å²) in [6.45, 7) is 1.16. The van der Waals surface area contributed by atoms with Gasteiger partial charge in [0.1, 0.15) is 5.82 Å². The van der Waals surface area contributed by atoms with Gasteiger partial charge in [0.15, 0.2) is 0 Å². The first-order chi connectivity index (χ1) is 9.56. The Balaban J connectivity index is 1.94. The van der Waals surface area contributed by atoms with Gasteiger partial charge < -0.3 is 11.1 Å². The zero-order valence-corrected chi connectivity index (χ0v) is 11.5. The van der Waals surface area contributed by atoms with Gasteiger partial charge in [-0.3, -0.25) is 4.79 Å². The first-order valence-corrected chi connectivity index (χ1v) is 6.47. The van der Waals surface area contributed by atoms with Crippen LogP contribution in [0.3, 0.4) is 0 Å². The number of benzene rings is 2. The maximum Gasteiger partial charge on any atom is 0.248 e. The monoisotopic (exact) mass is 292 g/mol. The van der Waals surface area contributed by atoms with Crippen molar-refractivity contribution in [3.05, 3.63) is 70.0 Å². The minimum Gasteiger partial charge on any atom is -0.366 e. The SMILES string of the molecule is NC(=O)c1ccc(CNCc2ccc(F)cc2)c(Cl)c1. The van der Waals surface area contributed by atoms with Crippen molar-refractivity contribution in [3.8, 4) is 0 Å². The molecular formula is C15H14ClFN2O. The van der Waals surface area contributed by atoms with E-state index in [1.807, 2.05) is 0 Å². The molecule has 3 nitrogen and oxygen atoms in total. The zero-order valence-electron chi connectivity index (χ0n) is 10.7. The number of amides is 1. The fraction of sp³-hybridized carbons (Fsp3) is 0.133. The highest BCUT2D eigenvalue weighted by Gasteiger charge is 2.05. The molecule has 20 heavy (non-hydrogen) atoms. The Labute approximate surface area is 121 Å². The number of halogens is 2. The summed E-state index contributed by atoms with van der Waals surface area (Å²) in [6.07, 6.45) is 0. The molecule has 3 N–H and O–H groups in total. The second-order valence-corrected chi connectivity index (χ2v) is 4.81. The van der Waals surface area contributed by atoms with E-state index in [0.717, 1.165) is 11.1 Å². The van der Waals surface area contributed by atoms with Crippen LogP contribution in [-0.2, 0) is 13.1 Å². The van der Waals surface area contributed by atoms with Crippen molar-refractivity contribution < 1.29 is 9.18 Å². The smallest absolute Gasteiger partial charge is 0.248 e. The topological polar surface area (TPSA) is 55.1 Å². The number of rotatable bonds is 5. The van der Waals surface area contributed by atoms with Gasteiger partial charge in [-0.15, -0.1) is 0 Å². The second kappa shape index (κ2) is 6.50. The molecule has 0 atom stereocenters. The number of primary amides is 1. The Morgan fingerprint density at radius 3 is 2.45 bits per heavy atom. The van der Waals surface area contributed by atoms with Crippen LogP contribution in [0.5, 0.6) is 0 Å². The molecule has 2 aromatic rings. The largest absolute Gasteiger partial charge is 0.366 e. The van der Waals surface area contributed by atoms with Crippen LogP contribution in [0.25, 0.3) is 0 Å². The van der Waals surface area contributed by atoms with Gasteiger partial charge in [0, 0.05) is 23.7 Å². The first-order valence-electron chi connectivity index (χ1n) is 6.09. The molecule has 5 heteroatoms. The third kappa shape index (κ3) is 3.79. The van der Waals surface area contributed by atoms with Crippen molar-refractivity contribution in [2.24, 2.45) is 5.73 Å². The third-order valence-corrected chi connectivity index (χ3v) is 3.25. The molecule has 1 amide bonds. The average Bonchev–Trinajstić information content (AvgIpc) is 2.42. The molecule has 0 saturated carbocycles. The van der Waals surface area contributed by atoms with Crippen LogP contribution in [-0.4, -0.2) is 5.91 Å². The van der Waals surface area contributed by atoms with Crippen LogP contribution in [0.1, 0.15) is 21.5 Å². The van der Waals surface area contributed by atoms with E-state index in [1.165, 1.54) is 12.1 Å². The fourth-order valence-corrected chi connectivity index (χ4v) is 2.04. The molecule has 0 aliphatic rings. The Morgan fingerprint density at radius 1 is 1.15 bits per heavy atom. The van der Waals surface area contributed by atoms with Crippen molar-refractivity contribution in [1.29, 1.82) is 0 Å². The fourth-order valence-electron chi connectivity index (χ4n) is 1.79. The van der Waals surface area contributed by atoms with Crippen LogP contribution in [0.4, 0.5) is 4.39 Å².